The number of nitrogens with zero attached hydrogens (tertiary/aromatic N) is 4. The molecule has 0 aliphatic carbocycles. The minimum atomic E-state index is 0.788. The second-order valence-corrected chi connectivity index (χ2v) is 16.1. The fourth-order valence-corrected chi connectivity index (χ4v) is 10.9. The number of hydrogen-bond acceptors (Lipinski definition) is 1. The molecule has 0 radical (unpaired) electrons. The van der Waals surface area contributed by atoms with Crippen molar-refractivity contribution in [2.75, 3.05) is 0 Å². The molecule has 5 aromatic heterocycles. The molecule has 4 nitrogen and oxygen atoms in total. The fourth-order valence-electron chi connectivity index (χ4n) is 10.9. The van der Waals surface area contributed by atoms with Crippen LogP contribution in [0.25, 0.3) is 126 Å². The summed E-state index contributed by atoms with van der Waals surface area (Å²) in [6, 6.07) is 65.0. The molecular weight excluding hydrogens is 717 g/mol. The molecule has 0 saturated heterocycles. The highest BCUT2D eigenvalue weighted by molar-refractivity contribution is 6.36. The van der Waals surface area contributed by atoms with Gasteiger partial charge in [0, 0.05) is 54.0 Å². The van der Waals surface area contributed by atoms with Gasteiger partial charge in [0.15, 0.2) is 0 Å². The van der Waals surface area contributed by atoms with Crippen LogP contribution in [-0.4, -0.2) is 18.5 Å². The number of aromatic nitrogens is 4. The largest absolute Gasteiger partial charge is 0.308 e. The number of pyridine rings is 1. The summed E-state index contributed by atoms with van der Waals surface area (Å²) in [5.74, 6) is 0.978. The Kier molecular flexibility index (Phi) is 5.98. The summed E-state index contributed by atoms with van der Waals surface area (Å²) in [5, 5.41) is 16.3. The maximum Gasteiger partial charge on any atom is 0.143 e. The van der Waals surface area contributed by atoms with Crippen LogP contribution in [0.5, 0.6) is 0 Å². The summed E-state index contributed by atoms with van der Waals surface area (Å²) >= 11 is 0. The molecule has 274 valence electrons. The second-order valence-electron chi connectivity index (χ2n) is 16.1. The molecule has 0 amide bonds. The number of benzene rings is 9. The molecule has 0 spiro atoms. The Morgan fingerprint density at radius 3 is 1.78 bits per heavy atom. The highest BCUT2D eigenvalue weighted by Crippen LogP contribution is 2.49. The van der Waals surface area contributed by atoms with Crippen LogP contribution in [0.15, 0.2) is 176 Å². The van der Waals surface area contributed by atoms with E-state index in [1.165, 1.54) is 109 Å². The van der Waals surface area contributed by atoms with E-state index in [4.69, 9.17) is 4.98 Å². The topological polar surface area (TPSA) is 27.2 Å². The quantitative estimate of drug-likeness (QED) is 0.177. The zero-order valence-electron chi connectivity index (χ0n) is 32.2. The van der Waals surface area contributed by atoms with Crippen molar-refractivity contribution in [2.45, 2.75) is 13.3 Å². The van der Waals surface area contributed by atoms with Crippen LogP contribution >= 0.6 is 0 Å². The third-order valence-corrected chi connectivity index (χ3v) is 13.3. The van der Waals surface area contributed by atoms with Crippen molar-refractivity contribution in [3.05, 3.63) is 181 Å². The SMILES string of the molecule is CCc1c(-n2c3ccccc3c3c4ccccc4ccc32)nc2ccccc2c1-n1c2cc3ccccc3cc2c2c3c4ccccc4n4c5ccccc5c(cc21)c34. The first-order chi connectivity index (χ1) is 29.3. The average Bonchev–Trinajstić information content (AvgIpc) is 4.01. The maximum atomic E-state index is 5.65. The Hall–Kier alpha value is -7.69. The molecule has 14 aromatic rings. The Morgan fingerprint density at radius 2 is 1.00 bits per heavy atom. The molecule has 0 aliphatic heterocycles. The zero-order chi connectivity index (χ0) is 38.5. The third-order valence-electron chi connectivity index (χ3n) is 13.3. The number of para-hydroxylation sites is 4. The van der Waals surface area contributed by atoms with Crippen molar-refractivity contribution in [2.24, 2.45) is 0 Å². The average molecular weight is 751 g/mol. The van der Waals surface area contributed by atoms with Crippen molar-refractivity contribution in [1.82, 2.24) is 18.5 Å². The highest BCUT2D eigenvalue weighted by Gasteiger charge is 2.28. The van der Waals surface area contributed by atoms with E-state index < -0.39 is 0 Å². The molecular formula is C55H34N4. The smallest absolute Gasteiger partial charge is 0.143 e. The van der Waals surface area contributed by atoms with Crippen molar-refractivity contribution in [1.29, 1.82) is 0 Å². The minimum Gasteiger partial charge on any atom is -0.308 e. The third kappa shape index (κ3) is 3.91. The van der Waals surface area contributed by atoms with Gasteiger partial charge in [-0.1, -0.05) is 134 Å². The summed E-state index contributed by atoms with van der Waals surface area (Å²) in [6.45, 7) is 2.30. The first-order valence-electron chi connectivity index (χ1n) is 20.6. The monoisotopic (exact) mass is 750 g/mol. The van der Waals surface area contributed by atoms with Gasteiger partial charge in [-0.3, -0.25) is 4.57 Å². The van der Waals surface area contributed by atoms with Gasteiger partial charge < -0.3 is 8.97 Å². The van der Waals surface area contributed by atoms with Crippen LogP contribution in [0.2, 0.25) is 0 Å². The molecule has 0 saturated carbocycles. The summed E-state index contributed by atoms with van der Waals surface area (Å²) < 4.78 is 7.55. The maximum absolute atomic E-state index is 5.65. The lowest BCUT2D eigenvalue weighted by molar-refractivity contribution is 0.992. The molecule has 0 unspecified atom stereocenters. The Bertz CT molecular complexity index is 4120. The lowest BCUT2D eigenvalue weighted by atomic mass is 10.0. The van der Waals surface area contributed by atoms with Gasteiger partial charge in [-0.25, -0.2) is 4.98 Å². The molecule has 0 N–H and O–H groups in total. The molecule has 0 aliphatic rings. The van der Waals surface area contributed by atoms with Crippen LogP contribution in [-0.2, 0) is 6.42 Å². The number of hydrogen-bond donors (Lipinski definition) is 0. The molecule has 0 atom stereocenters. The Morgan fingerprint density at radius 1 is 0.390 bits per heavy atom. The standard InChI is InChI=1S/C55H34N4/c1-2-35-53(38-20-7-11-23-43(38)56-55(35)59-46-26-14-9-21-39(46)50-36-18-6-5-15-32(36)27-28-47(50)59)58-48-30-34-17-4-3-16-33(34)29-42(48)51-49(58)31-41-37-19-8-12-24-44(37)57-45-25-13-10-22-40(45)52(51)54(41)57/h3-31H,2H2,1H3. The normalized spacial score (nSPS) is 12.6. The van der Waals surface area contributed by atoms with Crippen LogP contribution in [0.4, 0.5) is 0 Å². The van der Waals surface area contributed by atoms with E-state index in [1.807, 2.05) is 0 Å². The van der Waals surface area contributed by atoms with Gasteiger partial charge >= 0.3 is 0 Å². The van der Waals surface area contributed by atoms with Gasteiger partial charge in [0.05, 0.1) is 49.8 Å². The van der Waals surface area contributed by atoms with E-state index in [9.17, 15) is 0 Å². The lowest BCUT2D eigenvalue weighted by Crippen LogP contribution is -2.09. The van der Waals surface area contributed by atoms with Crippen LogP contribution in [0.1, 0.15) is 12.5 Å². The van der Waals surface area contributed by atoms with Crippen LogP contribution in [0.3, 0.4) is 0 Å². The Labute approximate surface area is 337 Å². The van der Waals surface area contributed by atoms with Crippen LogP contribution < -0.4 is 0 Å². The van der Waals surface area contributed by atoms with Gasteiger partial charge in [0.25, 0.3) is 0 Å². The number of fused-ring (bicyclic) bond motifs is 17. The van der Waals surface area contributed by atoms with Gasteiger partial charge in [-0.2, -0.15) is 0 Å². The van der Waals surface area contributed by atoms with Crippen molar-refractivity contribution >= 4 is 114 Å². The van der Waals surface area contributed by atoms with Gasteiger partial charge in [-0.05, 0) is 76.5 Å². The van der Waals surface area contributed by atoms with E-state index in [1.54, 1.807) is 0 Å². The van der Waals surface area contributed by atoms with E-state index in [2.05, 4.69) is 196 Å². The van der Waals surface area contributed by atoms with Crippen LogP contribution in [0, 0.1) is 0 Å². The summed E-state index contributed by atoms with van der Waals surface area (Å²) in [5.41, 5.74) is 11.9. The van der Waals surface area contributed by atoms with Gasteiger partial charge in [-0.15, -0.1) is 0 Å². The van der Waals surface area contributed by atoms with Crippen molar-refractivity contribution < 1.29 is 0 Å². The number of rotatable bonds is 3. The molecule has 9 aromatic carbocycles. The highest BCUT2D eigenvalue weighted by atomic mass is 15.1. The molecule has 5 heterocycles. The fraction of sp³-hybridized carbons (Fsp3) is 0.0364. The van der Waals surface area contributed by atoms with E-state index in [0.29, 0.717) is 0 Å². The van der Waals surface area contributed by atoms with Gasteiger partial charge in [0.2, 0.25) is 0 Å². The summed E-state index contributed by atoms with van der Waals surface area (Å²) in [6.07, 6.45) is 0.788. The van der Waals surface area contributed by atoms with E-state index in [-0.39, 0.29) is 0 Å². The predicted octanol–water partition coefficient (Wildman–Crippen LogP) is 14.4. The van der Waals surface area contributed by atoms with Gasteiger partial charge in [0.1, 0.15) is 5.82 Å². The summed E-state index contributed by atoms with van der Waals surface area (Å²) in [7, 11) is 0. The molecule has 4 heteroatoms. The lowest BCUT2D eigenvalue weighted by Gasteiger charge is -2.21. The minimum absolute atomic E-state index is 0.788. The first kappa shape index (κ1) is 31.4. The molecule has 14 rings (SSSR count). The molecule has 0 bridgehead atoms. The van der Waals surface area contributed by atoms with E-state index >= 15 is 0 Å². The van der Waals surface area contributed by atoms with Crippen molar-refractivity contribution in [3.63, 3.8) is 0 Å². The zero-order valence-corrected chi connectivity index (χ0v) is 32.2. The van der Waals surface area contributed by atoms with E-state index in [0.717, 1.165) is 28.7 Å². The second kappa shape index (κ2) is 11.2. The first-order valence-corrected chi connectivity index (χ1v) is 20.6. The molecule has 59 heavy (non-hydrogen) atoms. The summed E-state index contributed by atoms with van der Waals surface area (Å²) in [4.78, 5) is 5.65. The predicted molar refractivity (Wildman–Crippen MR) is 249 cm³/mol. The Balaban J connectivity index is 1.23. The van der Waals surface area contributed by atoms with Crippen molar-refractivity contribution in [3.8, 4) is 11.5 Å². The molecule has 0 fully saturated rings.